The van der Waals surface area contributed by atoms with Crippen LogP contribution in [0, 0.1) is 5.92 Å². The average molecular weight is 195 g/mol. The van der Waals surface area contributed by atoms with Crippen LogP contribution >= 0.6 is 0 Å². The summed E-state index contributed by atoms with van der Waals surface area (Å²) in [6, 6.07) is 0.186. The van der Waals surface area contributed by atoms with Gasteiger partial charge in [0.1, 0.15) is 0 Å². The maximum absolute atomic E-state index is 6.06. The van der Waals surface area contributed by atoms with Crippen molar-refractivity contribution in [2.24, 2.45) is 11.7 Å². The molecule has 0 aliphatic heterocycles. The number of methoxy groups -OCH3 is 1. The fraction of sp³-hybridized carbons (Fsp3) is 0.700. The van der Waals surface area contributed by atoms with Crippen LogP contribution in [0.25, 0.3) is 0 Å². The highest BCUT2D eigenvalue weighted by Gasteiger charge is 2.30. The van der Waals surface area contributed by atoms with Crippen molar-refractivity contribution < 1.29 is 4.74 Å². The number of nitrogens with two attached hydrogens (primary N) is 1. The Balaban J connectivity index is 1.94. The predicted molar refractivity (Wildman–Crippen MR) is 53.8 cm³/mol. The quantitative estimate of drug-likeness (QED) is 0.760. The van der Waals surface area contributed by atoms with E-state index in [1.807, 2.05) is 17.1 Å². The lowest BCUT2D eigenvalue weighted by Gasteiger charge is -2.05. The summed E-state index contributed by atoms with van der Waals surface area (Å²) in [6.07, 6.45) is 6.44. The molecule has 0 amide bonds. The van der Waals surface area contributed by atoms with Crippen molar-refractivity contribution in [2.75, 3.05) is 13.7 Å². The SMILES string of the molecule is COCCn1cc([C@H](N)C2CC2)cn1. The van der Waals surface area contributed by atoms with Crippen molar-refractivity contribution in [1.29, 1.82) is 0 Å². The Kier molecular flexibility index (Phi) is 2.84. The van der Waals surface area contributed by atoms with Gasteiger partial charge in [0.25, 0.3) is 0 Å². The first-order chi connectivity index (χ1) is 6.81. The molecule has 0 radical (unpaired) electrons. The summed E-state index contributed by atoms with van der Waals surface area (Å²) in [5.74, 6) is 0.690. The summed E-state index contributed by atoms with van der Waals surface area (Å²) < 4.78 is 6.87. The van der Waals surface area contributed by atoms with Gasteiger partial charge >= 0.3 is 0 Å². The lowest BCUT2D eigenvalue weighted by molar-refractivity contribution is 0.183. The molecule has 0 bridgehead atoms. The molecule has 1 fully saturated rings. The molecule has 0 aromatic carbocycles. The van der Waals surface area contributed by atoms with Gasteiger partial charge in [-0.25, -0.2) is 0 Å². The number of nitrogens with zero attached hydrogens (tertiary/aromatic N) is 2. The number of ether oxygens (including phenoxy) is 1. The van der Waals surface area contributed by atoms with Crippen molar-refractivity contribution in [3.05, 3.63) is 18.0 Å². The molecule has 4 heteroatoms. The minimum Gasteiger partial charge on any atom is -0.383 e. The summed E-state index contributed by atoms with van der Waals surface area (Å²) in [5, 5.41) is 4.24. The molecule has 0 spiro atoms. The van der Waals surface area contributed by atoms with Gasteiger partial charge in [0.05, 0.1) is 19.3 Å². The maximum atomic E-state index is 6.06. The van der Waals surface area contributed by atoms with Gasteiger partial charge in [0.2, 0.25) is 0 Å². The second kappa shape index (κ2) is 4.11. The van der Waals surface area contributed by atoms with E-state index in [0.717, 1.165) is 12.1 Å². The van der Waals surface area contributed by atoms with Gasteiger partial charge < -0.3 is 10.5 Å². The molecule has 1 aromatic rings. The summed E-state index contributed by atoms with van der Waals surface area (Å²) in [5.41, 5.74) is 7.21. The van der Waals surface area contributed by atoms with Crippen LogP contribution in [0.4, 0.5) is 0 Å². The van der Waals surface area contributed by atoms with E-state index in [4.69, 9.17) is 10.5 Å². The number of hydrogen-bond acceptors (Lipinski definition) is 3. The summed E-state index contributed by atoms with van der Waals surface area (Å²) in [4.78, 5) is 0. The van der Waals surface area contributed by atoms with Gasteiger partial charge in [0, 0.05) is 24.9 Å². The Hall–Kier alpha value is -0.870. The third-order valence-corrected chi connectivity index (χ3v) is 2.69. The first-order valence-electron chi connectivity index (χ1n) is 5.08. The Morgan fingerprint density at radius 1 is 1.71 bits per heavy atom. The topological polar surface area (TPSA) is 53.1 Å². The van der Waals surface area contributed by atoms with Crippen LogP contribution in [0.5, 0.6) is 0 Å². The molecular formula is C10H17N3O. The molecule has 2 rings (SSSR count). The van der Waals surface area contributed by atoms with Gasteiger partial charge in [-0.1, -0.05) is 0 Å². The van der Waals surface area contributed by atoms with E-state index in [9.17, 15) is 0 Å². The van der Waals surface area contributed by atoms with E-state index in [-0.39, 0.29) is 6.04 Å². The van der Waals surface area contributed by atoms with Crippen LogP contribution in [0.15, 0.2) is 12.4 Å². The van der Waals surface area contributed by atoms with Crippen molar-refractivity contribution in [2.45, 2.75) is 25.4 Å². The van der Waals surface area contributed by atoms with Crippen molar-refractivity contribution in [1.82, 2.24) is 9.78 Å². The van der Waals surface area contributed by atoms with Crippen LogP contribution in [0.2, 0.25) is 0 Å². The highest BCUT2D eigenvalue weighted by Crippen LogP contribution is 2.39. The zero-order valence-electron chi connectivity index (χ0n) is 8.52. The van der Waals surface area contributed by atoms with Crippen molar-refractivity contribution >= 4 is 0 Å². The molecule has 1 saturated carbocycles. The Morgan fingerprint density at radius 2 is 2.50 bits per heavy atom. The van der Waals surface area contributed by atoms with Crippen LogP contribution in [-0.4, -0.2) is 23.5 Å². The Morgan fingerprint density at radius 3 is 3.14 bits per heavy atom. The molecule has 4 nitrogen and oxygen atoms in total. The van der Waals surface area contributed by atoms with E-state index in [0.29, 0.717) is 12.5 Å². The zero-order valence-corrected chi connectivity index (χ0v) is 8.52. The highest BCUT2D eigenvalue weighted by atomic mass is 16.5. The van der Waals surface area contributed by atoms with Crippen LogP contribution < -0.4 is 5.73 Å². The highest BCUT2D eigenvalue weighted by molar-refractivity contribution is 5.13. The lowest BCUT2D eigenvalue weighted by Crippen LogP contribution is -2.11. The van der Waals surface area contributed by atoms with E-state index in [1.54, 1.807) is 7.11 Å². The molecule has 1 heterocycles. The minimum atomic E-state index is 0.186. The van der Waals surface area contributed by atoms with Gasteiger partial charge in [0.15, 0.2) is 0 Å². The van der Waals surface area contributed by atoms with Gasteiger partial charge in [-0.3, -0.25) is 4.68 Å². The smallest absolute Gasteiger partial charge is 0.0658 e. The summed E-state index contributed by atoms with van der Waals surface area (Å²) >= 11 is 0. The van der Waals surface area contributed by atoms with Gasteiger partial charge in [-0.15, -0.1) is 0 Å². The zero-order chi connectivity index (χ0) is 9.97. The molecule has 0 unspecified atom stereocenters. The first kappa shape index (κ1) is 9.68. The van der Waals surface area contributed by atoms with Gasteiger partial charge in [-0.2, -0.15) is 5.10 Å². The largest absolute Gasteiger partial charge is 0.383 e. The normalized spacial score (nSPS) is 18.4. The molecular weight excluding hydrogens is 178 g/mol. The maximum Gasteiger partial charge on any atom is 0.0658 e. The van der Waals surface area contributed by atoms with Crippen molar-refractivity contribution in [3.63, 3.8) is 0 Å². The monoisotopic (exact) mass is 195 g/mol. The van der Waals surface area contributed by atoms with E-state index in [2.05, 4.69) is 5.10 Å². The third kappa shape index (κ3) is 2.13. The lowest BCUT2D eigenvalue weighted by atomic mass is 10.1. The molecule has 1 aliphatic carbocycles. The van der Waals surface area contributed by atoms with Crippen molar-refractivity contribution in [3.8, 4) is 0 Å². The second-order valence-corrected chi connectivity index (χ2v) is 3.89. The number of rotatable bonds is 5. The number of hydrogen-bond donors (Lipinski definition) is 1. The van der Waals surface area contributed by atoms with E-state index in [1.165, 1.54) is 12.8 Å². The van der Waals surface area contributed by atoms with Crippen LogP contribution in [0.1, 0.15) is 24.4 Å². The van der Waals surface area contributed by atoms with Gasteiger partial charge in [-0.05, 0) is 18.8 Å². The molecule has 0 saturated heterocycles. The third-order valence-electron chi connectivity index (χ3n) is 2.69. The van der Waals surface area contributed by atoms with E-state index >= 15 is 0 Å². The molecule has 2 N–H and O–H groups in total. The fourth-order valence-electron chi connectivity index (χ4n) is 1.59. The van der Waals surface area contributed by atoms with Crippen LogP contribution in [-0.2, 0) is 11.3 Å². The summed E-state index contributed by atoms with van der Waals surface area (Å²) in [7, 11) is 1.69. The summed E-state index contributed by atoms with van der Waals surface area (Å²) in [6.45, 7) is 1.49. The van der Waals surface area contributed by atoms with Crippen LogP contribution in [0.3, 0.4) is 0 Å². The molecule has 14 heavy (non-hydrogen) atoms. The first-order valence-corrected chi connectivity index (χ1v) is 5.08. The average Bonchev–Trinajstić information content (AvgIpc) is 2.94. The Bertz CT molecular complexity index is 293. The fourth-order valence-corrected chi connectivity index (χ4v) is 1.59. The number of aromatic nitrogens is 2. The predicted octanol–water partition coefficient (Wildman–Crippen LogP) is 0.939. The van der Waals surface area contributed by atoms with E-state index < -0.39 is 0 Å². The molecule has 78 valence electrons. The Labute approximate surface area is 84.0 Å². The standard InChI is InChI=1S/C10H17N3O/c1-14-5-4-13-7-9(6-12-13)10(11)8-2-3-8/h6-8,10H,2-5,11H2,1H3/t10-/m1/s1. The minimum absolute atomic E-state index is 0.186. The molecule has 1 aliphatic rings. The second-order valence-electron chi connectivity index (χ2n) is 3.89. The molecule has 1 aromatic heterocycles. The molecule has 1 atom stereocenters.